The van der Waals surface area contributed by atoms with Gasteiger partial charge in [-0.1, -0.05) is 18.2 Å². The van der Waals surface area contributed by atoms with E-state index in [4.69, 9.17) is 0 Å². The molecule has 0 fully saturated rings. The van der Waals surface area contributed by atoms with Crippen molar-refractivity contribution in [2.75, 3.05) is 5.32 Å². The maximum absolute atomic E-state index is 13.6. The summed E-state index contributed by atoms with van der Waals surface area (Å²) >= 11 is 0. The van der Waals surface area contributed by atoms with Gasteiger partial charge in [0.05, 0.1) is 0 Å². The minimum atomic E-state index is -0.350. The first-order valence-electron chi connectivity index (χ1n) is 7.40. The van der Waals surface area contributed by atoms with Crippen LogP contribution in [0, 0.1) is 12.7 Å². The van der Waals surface area contributed by atoms with Crippen molar-refractivity contribution >= 4 is 11.7 Å². The monoisotopic (exact) mass is 316 g/mol. The summed E-state index contributed by atoms with van der Waals surface area (Å²) in [5.74, 6) is 0.413. The zero-order valence-corrected chi connectivity index (χ0v) is 13.8. The molecule has 0 radical (unpaired) electrons. The van der Waals surface area contributed by atoms with Crippen molar-refractivity contribution in [3.8, 4) is 0 Å². The van der Waals surface area contributed by atoms with Crippen molar-refractivity contribution in [1.29, 1.82) is 0 Å². The molecule has 5 nitrogen and oxygen atoms in total. The van der Waals surface area contributed by atoms with Crippen LogP contribution in [0.1, 0.15) is 42.6 Å². The maximum Gasteiger partial charge on any atom is 0.270 e. The van der Waals surface area contributed by atoms with Gasteiger partial charge >= 0.3 is 0 Å². The molecule has 0 aliphatic rings. The van der Waals surface area contributed by atoms with Gasteiger partial charge in [0.15, 0.2) is 0 Å². The lowest BCUT2D eigenvalue weighted by Crippen LogP contribution is -2.41. The molecule has 2 aromatic rings. The van der Waals surface area contributed by atoms with Gasteiger partial charge in [-0.2, -0.15) is 0 Å². The average molecular weight is 316 g/mol. The smallest absolute Gasteiger partial charge is 0.270 e. The molecule has 1 aromatic heterocycles. The lowest BCUT2D eigenvalue weighted by Gasteiger charge is -2.20. The molecule has 0 bridgehead atoms. The van der Waals surface area contributed by atoms with E-state index in [0.717, 1.165) is 0 Å². The van der Waals surface area contributed by atoms with Gasteiger partial charge in [0.25, 0.3) is 5.91 Å². The standard InChI is InChI=1S/C17H21FN4O/c1-11-20-14(16(23)22-17(2,3)4)9-15(21-11)19-10-12-7-5-6-8-13(12)18/h5-9H,10H2,1-4H3,(H,22,23)(H,19,20,21). The first-order valence-corrected chi connectivity index (χ1v) is 7.40. The fourth-order valence-electron chi connectivity index (χ4n) is 2.01. The van der Waals surface area contributed by atoms with Crippen molar-refractivity contribution in [2.45, 2.75) is 39.8 Å². The van der Waals surface area contributed by atoms with Crippen LogP contribution in [0.15, 0.2) is 30.3 Å². The largest absolute Gasteiger partial charge is 0.366 e. The third-order valence-corrected chi connectivity index (χ3v) is 2.98. The number of hydrogen-bond donors (Lipinski definition) is 2. The zero-order valence-electron chi connectivity index (χ0n) is 13.8. The number of anilines is 1. The number of halogens is 1. The van der Waals surface area contributed by atoms with Crippen molar-refractivity contribution in [3.63, 3.8) is 0 Å². The van der Waals surface area contributed by atoms with E-state index in [2.05, 4.69) is 20.6 Å². The van der Waals surface area contributed by atoms with Gasteiger partial charge in [0.1, 0.15) is 23.2 Å². The van der Waals surface area contributed by atoms with Gasteiger partial charge in [0, 0.05) is 23.7 Å². The summed E-state index contributed by atoms with van der Waals surface area (Å²) in [4.78, 5) is 20.6. The predicted octanol–water partition coefficient (Wildman–Crippen LogP) is 3.06. The van der Waals surface area contributed by atoms with Crippen LogP contribution in [0.4, 0.5) is 10.2 Å². The molecule has 0 saturated heterocycles. The second-order valence-corrected chi connectivity index (χ2v) is 6.33. The topological polar surface area (TPSA) is 66.9 Å². The van der Waals surface area contributed by atoms with Crippen LogP contribution in [0.3, 0.4) is 0 Å². The second-order valence-electron chi connectivity index (χ2n) is 6.33. The number of nitrogens with one attached hydrogen (secondary N) is 2. The van der Waals surface area contributed by atoms with E-state index >= 15 is 0 Å². The molecule has 23 heavy (non-hydrogen) atoms. The number of nitrogens with zero attached hydrogens (tertiary/aromatic N) is 2. The van der Waals surface area contributed by atoms with Crippen LogP contribution < -0.4 is 10.6 Å². The van der Waals surface area contributed by atoms with E-state index in [-0.39, 0.29) is 29.5 Å². The molecule has 122 valence electrons. The highest BCUT2D eigenvalue weighted by molar-refractivity contribution is 5.93. The van der Waals surface area contributed by atoms with E-state index < -0.39 is 0 Å². The fourth-order valence-corrected chi connectivity index (χ4v) is 2.01. The summed E-state index contributed by atoms with van der Waals surface area (Å²) in [6.07, 6.45) is 0. The summed E-state index contributed by atoms with van der Waals surface area (Å²) < 4.78 is 13.6. The number of carbonyl (C=O) groups excluding carboxylic acids is 1. The SMILES string of the molecule is Cc1nc(NCc2ccccc2F)cc(C(=O)NC(C)(C)C)n1. The maximum atomic E-state index is 13.6. The molecular weight excluding hydrogens is 295 g/mol. The van der Waals surface area contributed by atoms with Crippen molar-refractivity contribution in [2.24, 2.45) is 0 Å². The van der Waals surface area contributed by atoms with Crippen molar-refractivity contribution in [1.82, 2.24) is 15.3 Å². The second kappa shape index (κ2) is 6.73. The van der Waals surface area contributed by atoms with Crippen LogP contribution in [0.2, 0.25) is 0 Å². The summed E-state index contributed by atoms with van der Waals surface area (Å²) in [5, 5.41) is 5.89. The van der Waals surface area contributed by atoms with E-state index in [1.165, 1.54) is 6.07 Å². The van der Waals surface area contributed by atoms with Crippen LogP contribution >= 0.6 is 0 Å². The third kappa shape index (κ3) is 5.02. The van der Waals surface area contributed by atoms with Gasteiger partial charge in [-0.15, -0.1) is 0 Å². The molecule has 1 heterocycles. The number of hydrogen-bond acceptors (Lipinski definition) is 4. The van der Waals surface area contributed by atoms with Gasteiger partial charge in [-0.25, -0.2) is 14.4 Å². The molecule has 0 saturated carbocycles. The number of benzene rings is 1. The van der Waals surface area contributed by atoms with Gasteiger partial charge < -0.3 is 10.6 Å². The average Bonchev–Trinajstić information content (AvgIpc) is 2.44. The predicted molar refractivity (Wildman–Crippen MR) is 87.7 cm³/mol. The van der Waals surface area contributed by atoms with Gasteiger partial charge in [0.2, 0.25) is 0 Å². The first-order chi connectivity index (χ1) is 10.7. The van der Waals surface area contributed by atoms with Gasteiger partial charge in [-0.3, -0.25) is 4.79 Å². The molecule has 2 N–H and O–H groups in total. The van der Waals surface area contributed by atoms with Crippen LogP contribution in [-0.2, 0) is 6.54 Å². The molecule has 1 amide bonds. The Morgan fingerprint density at radius 3 is 2.57 bits per heavy atom. The molecule has 6 heteroatoms. The number of aromatic nitrogens is 2. The van der Waals surface area contributed by atoms with Crippen LogP contribution in [0.25, 0.3) is 0 Å². The Bertz CT molecular complexity index is 710. The van der Waals surface area contributed by atoms with Crippen LogP contribution in [0.5, 0.6) is 0 Å². The minimum absolute atomic E-state index is 0.267. The van der Waals surface area contributed by atoms with Crippen molar-refractivity contribution < 1.29 is 9.18 Å². The lowest BCUT2D eigenvalue weighted by atomic mass is 10.1. The molecule has 0 spiro atoms. The Labute approximate surface area is 135 Å². The highest BCUT2D eigenvalue weighted by Crippen LogP contribution is 2.12. The quantitative estimate of drug-likeness (QED) is 0.910. The molecular formula is C17H21FN4O. The Hall–Kier alpha value is -2.50. The molecule has 0 atom stereocenters. The summed E-state index contributed by atoms with van der Waals surface area (Å²) in [7, 11) is 0. The van der Waals surface area contributed by atoms with Crippen molar-refractivity contribution in [3.05, 3.63) is 53.2 Å². The number of rotatable bonds is 4. The van der Waals surface area contributed by atoms with Gasteiger partial charge in [-0.05, 0) is 33.8 Å². The van der Waals surface area contributed by atoms with E-state index in [0.29, 0.717) is 17.2 Å². The first kappa shape index (κ1) is 16.9. The number of amides is 1. The highest BCUT2D eigenvalue weighted by Gasteiger charge is 2.17. The Kier molecular flexibility index (Phi) is 4.93. The molecule has 0 aliphatic carbocycles. The molecule has 0 aliphatic heterocycles. The number of carbonyl (C=O) groups is 1. The minimum Gasteiger partial charge on any atom is -0.366 e. The Morgan fingerprint density at radius 1 is 1.22 bits per heavy atom. The van der Waals surface area contributed by atoms with E-state index in [1.807, 2.05) is 20.8 Å². The molecule has 0 unspecified atom stereocenters. The summed E-state index contributed by atoms with van der Waals surface area (Å²) in [6.45, 7) is 7.69. The summed E-state index contributed by atoms with van der Waals surface area (Å²) in [6, 6.07) is 8.08. The third-order valence-electron chi connectivity index (χ3n) is 2.98. The zero-order chi connectivity index (χ0) is 17.0. The Balaban J connectivity index is 2.14. The Morgan fingerprint density at radius 2 is 1.91 bits per heavy atom. The number of aryl methyl sites for hydroxylation is 1. The van der Waals surface area contributed by atoms with Crippen LogP contribution in [-0.4, -0.2) is 21.4 Å². The molecule has 1 aromatic carbocycles. The van der Waals surface area contributed by atoms with E-state index in [9.17, 15) is 9.18 Å². The highest BCUT2D eigenvalue weighted by atomic mass is 19.1. The normalized spacial score (nSPS) is 11.2. The molecule has 2 rings (SSSR count). The lowest BCUT2D eigenvalue weighted by molar-refractivity contribution is 0.0914. The fraction of sp³-hybridized carbons (Fsp3) is 0.353. The van der Waals surface area contributed by atoms with E-state index in [1.54, 1.807) is 31.2 Å². The summed E-state index contributed by atoms with van der Waals surface area (Å²) in [5.41, 5.74) is 0.462.